The van der Waals surface area contributed by atoms with Gasteiger partial charge in [0.25, 0.3) is 10.0 Å². The molecule has 0 saturated heterocycles. The summed E-state index contributed by atoms with van der Waals surface area (Å²) in [6.07, 6.45) is 1.31. The van der Waals surface area contributed by atoms with Gasteiger partial charge in [-0.2, -0.15) is 0 Å². The van der Waals surface area contributed by atoms with E-state index in [2.05, 4.69) is 14.7 Å². The van der Waals surface area contributed by atoms with Crippen molar-refractivity contribution in [3.63, 3.8) is 0 Å². The van der Waals surface area contributed by atoms with E-state index in [0.717, 1.165) is 0 Å². The minimum atomic E-state index is -3.83. The molecule has 112 valence electrons. The molecule has 0 aliphatic rings. The number of benzene rings is 2. The van der Waals surface area contributed by atoms with E-state index in [4.69, 9.17) is 17.3 Å². The standard InChI is InChI=1S/C14H11ClN4O2S/c15-9-4-3-6-11-14(9)17-8-13(18-11)19-22(20,21)12-7-2-1-5-10(12)16/h1-8H,16H2,(H,18,19). The zero-order valence-corrected chi connectivity index (χ0v) is 12.8. The number of halogens is 1. The van der Waals surface area contributed by atoms with Gasteiger partial charge in [0.05, 0.1) is 22.4 Å². The molecule has 0 aliphatic heterocycles. The summed E-state index contributed by atoms with van der Waals surface area (Å²) in [6.45, 7) is 0. The number of aromatic nitrogens is 2. The molecule has 0 bridgehead atoms. The Morgan fingerprint density at radius 1 is 1.09 bits per heavy atom. The monoisotopic (exact) mass is 334 g/mol. The van der Waals surface area contributed by atoms with Gasteiger partial charge in [0.2, 0.25) is 0 Å². The van der Waals surface area contributed by atoms with E-state index >= 15 is 0 Å². The highest BCUT2D eigenvalue weighted by Gasteiger charge is 2.18. The zero-order valence-electron chi connectivity index (χ0n) is 11.2. The molecule has 22 heavy (non-hydrogen) atoms. The summed E-state index contributed by atoms with van der Waals surface area (Å²) in [5, 5.41) is 0.451. The number of nitrogens with one attached hydrogen (secondary N) is 1. The van der Waals surface area contributed by atoms with Gasteiger partial charge in [-0.05, 0) is 24.3 Å². The molecule has 0 spiro atoms. The second-order valence-electron chi connectivity index (χ2n) is 4.51. The highest BCUT2D eigenvalue weighted by Crippen LogP contribution is 2.23. The molecule has 2 aromatic carbocycles. The maximum absolute atomic E-state index is 12.3. The summed E-state index contributed by atoms with van der Waals surface area (Å²) in [7, 11) is -3.83. The number of nitrogens with two attached hydrogens (primary N) is 1. The van der Waals surface area contributed by atoms with Crippen LogP contribution in [-0.4, -0.2) is 18.4 Å². The third-order valence-corrected chi connectivity index (χ3v) is 4.70. The Bertz CT molecular complexity index is 960. The first-order valence-electron chi connectivity index (χ1n) is 6.26. The van der Waals surface area contributed by atoms with Gasteiger partial charge in [0.1, 0.15) is 10.4 Å². The van der Waals surface area contributed by atoms with E-state index < -0.39 is 10.0 Å². The van der Waals surface area contributed by atoms with Crippen molar-refractivity contribution in [3.05, 3.63) is 53.7 Å². The van der Waals surface area contributed by atoms with Crippen molar-refractivity contribution >= 4 is 44.2 Å². The van der Waals surface area contributed by atoms with Gasteiger partial charge < -0.3 is 5.73 Å². The second-order valence-corrected chi connectivity index (χ2v) is 6.56. The molecular formula is C14H11ClN4O2S. The first kappa shape index (κ1) is 14.6. The Morgan fingerprint density at radius 2 is 1.86 bits per heavy atom. The van der Waals surface area contributed by atoms with Gasteiger partial charge in [0.15, 0.2) is 5.82 Å². The van der Waals surface area contributed by atoms with Crippen LogP contribution in [0.1, 0.15) is 0 Å². The molecule has 0 radical (unpaired) electrons. The minimum Gasteiger partial charge on any atom is -0.398 e. The number of hydrogen-bond donors (Lipinski definition) is 2. The van der Waals surface area contributed by atoms with Gasteiger partial charge in [-0.25, -0.2) is 18.4 Å². The van der Waals surface area contributed by atoms with Gasteiger partial charge in [0, 0.05) is 0 Å². The average molecular weight is 335 g/mol. The fourth-order valence-electron chi connectivity index (χ4n) is 1.97. The quantitative estimate of drug-likeness (QED) is 0.717. The first-order chi connectivity index (χ1) is 10.5. The van der Waals surface area contributed by atoms with Crippen molar-refractivity contribution in [2.45, 2.75) is 4.90 Å². The van der Waals surface area contributed by atoms with Gasteiger partial charge in [-0.3, -0.25) is 4.72 Å². The van der Waals surface area contributed by atoms with Crippen LogP contribution in [0.4, 0.5) is 11.5 Å². The summed E-state index contributed by atoms with van der Waals surface area (Å²) >= 11 is 6.00. The molecule has 1 aromatic heterocycles. The van der Waals surface area contributed by atoms with E-state index in [1.54, 1.807) is 30.3 Å². The van der Waals surface area contributed by atoms with Gasteiger partial charge in [-0.1, -0.05) is 29.8 Å². The lowest BCUT2D eigenvalue weighted by Crippen LogP contribution is -2.15. The molecule has 0 amide bonds. The molecule has 0 unspecified atom stereocenters. The van der Waals surface area contributed by atoms with Crippen LogP contribution in [0.15, 0.2) is 53.6 Å². The lowest BCUT2D eigenvalue weighted by molar-refractivity contribution is 0.601. The Morgan fingerprint density at radius 3 is 2.64 bits per heavy atom. The summed E-state index contributed by atoms with van der Waals surface area (Å²) < 4.78 is 27.0. The van der Waals surface area contributed by atoms with Crippen molar-refractivity contribution < 1.29 is 8.42 Å². The lowest BCUT2D eigenvalue weighted by Gasteiger charge is -2.09. The summed E-state index contributed by atoms with van der Waals surface area (Å²) in [6, 6.07) is 11.3. The molecule has 3 N–H and O–H groups in total. The predicted octanol–water partition coefficient (Wildman–Crippen LogP) is 2.67. The van der Waals surface area contributed by atoms with E-state index in [0.29, 0.717) is 16.1 Å². The molecule has 3 rings (SSSR count). The maximum atomic E-state index is 12.3. The molecule has 1 heterocycles. The SMILES string of the molecule is Nc1ccccc1S(=O)(=O)Nc1cnc2c(Cl)cccc2n1. The van der Waals surface area contributed by atoms with Crippen molar-refractivity contribution in [2.24, 2.45) is 0 Å². The van der Waals surface area contributed by atoms with E-state index in [-0.39, 0.29) is 16.4 Å². The molecule has 0 aliphatic carbocycles. The minimum absolute atomic E-state index is 0.0111. The van der Waals surface area contributed by atoms with Crippen LogP contribution in [0.2, 0.25) is 5.02 Å². The van der Waals surface area contributed by atoms with E-state index in [1.165, 1.54) is 18.3 Å². The molecule has 3 aromatic rings. The highest BCUT2D eigenvalue weighted by molar-refractivity contribution is 7.92. The summed E-state index contributed by atoms with van der Waals surface area (Å²) in [5.74, 6) is 0.0954. The first-order valence-corrected chi connectivity index (χ1v) is 8.12. The molecule has 0 saturated carbocycles. The van der Waals surface area contributed by atoms with Crippen LogP contribution in [0.5, 0.6) is 0 Å². The third-order valence-electron chi connectivity index (χ3n) is 2.97. The maximum Gasteiger partial charge on any atom is 0.265 e. The molecule has 8 heteroatoms. The van der Waals surface area contributed by atoms with Crippen LogP contribution in [0, 0.1) is 0 Å². The zero-order chi connectivity index (χ0) is 15.7. The fraction of sp³-hybridized carbons (Fsp3) is 0. The van der Waals surface area contributed by atoms with Gasteiger partial charge >= 0.3 is 0 Å². The number of nitrogen functional groups attached to an aromatic ring is 1. The van der Waals surface area contributed by atoms with Crippen LogP contribution in [0.25, 0.3) is 11.0 Å². The number of rotatable bonds is 3. The molecule has 0 atom stereocenters. The fourth-order valence-corrected chi connectivity index (χ4v) is 3.31. The number of fused-ring (bicyclic) bond motifs is 1. The lowest BCUT2D eigenvalue weighted by atomic mass is 10.3. The van der Waals surface area contributed by atoms with Crippen molar-refractivity contribution in [1.82, 2.24) is 9.97 Å². The summed E-state index contributed by atoms with van der Waals surface area (Å²) in [5.41, 5.74) is 6.86. The number of para-hydroxylation sites is 2. The second kappa shape index (κ2) is 5.43. The van der Waals surface area contributed by atoms with Crippen molar-refractivity contribution in [3.8, 4) is 0 Å². The van der Waals surface area contributed by atoms with Crippen LogP contribution in [-0.2, 0) is 10.0 Å². The predicted molar refractivity (Wildman–Crippen MR) is 86.2 cm³/mol. The number of sulfonamides is 1. The highest BCUT2D eigenvalue weighted by atomic mass is 35.5. The molecule has 0 fully saturated rings. The normalized spacial score (nSPS) is 11.5. The Labute approximate surface area is 132 Å². The number of nitrogens with zero attached hydrogens (tertiary/aromatic N) is 2. The van der Waals surface area contributed by atoms with E-state index in [9.17, 15) is 8.42 Å². The van der Waals surface area contributed by atoms with Crippen LogP contribution in [0.3, 0.4) is 0 Å². The summed E-state index contributed by atoms with van der Waals surface area (Å²) in [4.78, 5) is 8.32. The molecule has 6 nitrogen and oxygen atoms in total. The Balaban J connectivity index is 2.01. The number of hydrogen-bond acceptors (Lipinski definition) is 5. The van der Waals surface area contributed by atoms with E-state index in [1.807, 2.05) is 0 Å². The Hall–Kier alpha value is -2.38. The largest absolute Gasteiger partial charge is 0.398 e. The third kappa shape index (κ3) is 2.68. The average Bonchev–Trinajstić information content (AvgIpc) is 2.47. The topological polar surface area (TPSA) is 98.0 Å². The Kier molecular flexibility index (Phi) is 3.59. The smallest absolute Gasteiger partial charge is 0.265 e. The van der Waals surface area contributed by atoms with Crippen LogP contribution < -0.4 is 10.5 Å². The molecular weight excluding hydrogens is 324 g/mol. The van der Waals surface area contributed by atoms with Crippen molar-refractivity contribution in [1.29, 1.82) is 0 Å². The van der Waals surface area contributed by atoms with Crippen LogP contribution >= 0.6 is 11.6 Å². The van der Waals surface area contributed by atoms with Crippen molar-refractivity contribution in [2.75, 3.05) is 10.5 Å². The van der Waals surface area contributed by atoms with Gasteiger partial charge in [-0.15, -0.1) is 0 Å². The number of anilines is 2.